The van der Waals surface area contributed by atoms with Gasteiger partial charge in [-0.2, -0.15) is 13.2 Å². The lowest BCUT2D eigenvalue weighted by Gasteiger charge is -2.47. The minimum absolute atomic E-state index is 0.00291. The predicted octanol–water partition coefficient (Wildman–Crippen LogP) is 2.86. The summed E-state index contributed by atoms with van der Waals surface area (Å²) in [4.78, 5) is 34.5. The van der Waals surface area contributed by atoms with E-state index in [-0.39, 0.29) is 41.6 Å². The van der Waals surface area contributed by atoms with Gasteiger partial charge in [0.05, 0.1) is 23.7 Å². The molecule has 1 aliphatic carbocycles. The Labute approximate surface area is 206 Å². The van der Waals surface area contributed by atoms with Gasteiger partial charge in [-0.1, -0.05) is 6.08 Å². The summed E-state index contributed by atoms with van der Waals surface area (Å²) < 4.78 is 39.3. The topological polar surface area (TPSA) is 99.3 Å². The van der Waals surface area contributed by atoms with Crippen LogP contribution in [0, 0.1) is 5.92 Å². The van der Waals surface area contributed by atoms with Crippen LogP contribution < -0.4 is 16.0 Å². The SMILES string of the molecule is O=C1C=CCC([C@H]2CC[C@H](N3CC(NC(=O)CNc4ncnc5ccc(C(F)(F)F)cc45)C3)CC2)N1. The van der Waals surface area contributed by atoms with Crippen LogP contribution in [0.15, 0.2) is 36.7 Å². The van der Waals surface area contributed by atoms with Crippen molar-refractivity contribution in [1.82, 2.24) is 25.5 Å². The molecule has 11 heteroatoms. The number of aromatic nitrogens is 2. The van der Waals surface area contributed by atoms with Crippen LogP contribution in [0.2, 0.25) is 0 Å². The van der Waals surface area contributed by atoms with Gasteiger partial charge in [0.1, 0.15) is 12.1 Å². The summed E-state index contributed by atoms with van der Waals surface area (Å²) in [5, 5.41) is 9.13. The molecule has 192 valence electrons. The average molecular weight is 503 g/mol. The molecule has 2 aromatic rings. The Morgan fingerprint density at radius 2 is 1.92 bits per heavy atom. The second-order valence-electron chi connectivity index (χ2n) is 9.85. The number of halogens is 3. The number of nitrogens with one attached hydrogen (secondary N) is 3. The quantitative estimate of drug-likeness (QED) is 0.562. The summed E-state index contributed by atoms with van der Waals surface area (Å²) in [5.41, 5.74) is -0.422. The van der Waals surface area contributed by atoms with Crippen molar-refractivity contribution in [3.8, 4) is 0 Å². The van der Waals surface area contributed by atoms with E-state index >= 15 is 0 Å². The number of benzene rings is 1. The maximum Gasteiger partial charge on any atom is 0.416 e. The van der Waals surface area contributed by atoms with Crippen molar-refractivity contribution >= 4 is 28.5 Å². The first-order chi connectivity index (χ1) is 17.3. The van der Waals surface area contributed by atoms with Crippen LogP contribution in [0.3, 0.4) is 0 Å². The van der Waals surface area contributed by atoms with Gasteiger partial charge in [-0.05, 0) is 62.3 Å². The molecule has 1 aromatic heterocycles. The molecule has 5 rings (SSSR count). The molecule has 1 atom stereocenters. The zero-order valence-electron chi connectivity index (χ0n) is 19.7. The van der Waals surface area contributed by atoms with Crippen LogP contribution in [0.5, 0.6) is 0 Å². The van der Waals surface area contributed by atoms with E-state index in [1.165, 1.54) is 12.4 Å². The lowest BCUT2D eigenvalue weighted by molar-refractivity contribution is -0.137. The fourth-order valence-corrected chi connectivity index (χ4v) is 5.51. The molecule has 3 aliphatic rings. The van der Waals surface area contributed by atoms with Gasteiger partial charge in [-0.15, -0.1) is 0 Å². The maximum absolute atomic E-state index is 13.1. The minimum atomic E-state index is -4.48. The van der Waals surface area contributed by atoms with Gasteiger partial charge in [0.15, 0.2) is 0 Å². The molecule has 1 unspecified atom stereocenters. The van der Waals surface area contributed by atoms with Gasteiger partial charge in [-0.25, -0.2) is 9.97 Å². The molecular weight excluding hydrogens is 473 g/mol. The van der Waals surface area contributed by atoms with Gasteiger partial charge in [0.25, 0.3) is 0 Å². The second-order valence-corrected chi connectivity index (χ2v) is 9.85. The highest BCUT2D eigenvalue weighted by Crippen LogP contribution is 2.34. The van der Waals surface area contributed by atoms with Gasteiger partial charge >= 0.3 is 6.18 Å². The number of alkyl halides is 3. The smallest absolute Gasteiger partial charge is 0.360 e. The van der Waals surface area contributed by atoms with Crippen molar-refractivity contribution in [3.05, 3.63) is 42.2 Å². The van der Waals surface area contributed by atoms with Crippen LogP contribution in [-0.2, 0) is 15.8 Å². The molecule has 2 aliphatic heterocycles. The van der Waals surface area contributed by atoms with Crippen molar-refractivity contribution in [2.75, 3.05) is 25.0 Å². The monoisotopic (exact) mass is 502 g/mol. The fraction of sp³-hybridized carbons (Fsp3) is 0.520. The van der Waals surface area contributed by atoms with Crippen molar-refractivity contribution in [2.24, 2.45) is 5.92 Å². The number of anilines is 1. The Hall–Kier alpha value is -3.21. The van der Waals surface area contributed by atoms with Crippen LogP contribution in [0.25, 0.3) is 10.9 Å². The van der Waals surface area contributed by atoms with E-state index in [2.05, 4.69) is 30.8 Å². The largest absolute Gasteiger partial charge is 0.416 e. The summed E-state index contributed by atoms with van der Waals surface area (Å²) in [7, 11) is 0. The van der Waals surface area contributed by atoms with Crippen molar-refractivity contribution in [2.45, 2.75) is 56.4 Å². The van der Waals surface area contributed by atoms with Crippen molar-refractivity contribution < 1.29 is 22.8 Å². The number of amides is 2. The summed E-state index contributed by atoms with van der Waals surface area (Å²) in [6.45, 7) is 1.48. The van der Waals surface area contributed by atoms with Crippen LogP contribution in [0.1, 0.15) is 37.7 Å². The first-order valence-corrected chi connectivity index (χ1v) is 12.3. The number of nitrogens with zero attached hydrogens (tertiary/aromatic N) is 3. The molecular formula is C25H29F3N6O2. The average Bonchev–Trinajstić information content (AvgIpc) is 2.84. The second kappa shape index (κ2) is 10.0. The van der Waals surface area contributed by atoms with E-state index in [1.807, 2.05) is 6.08 Å². The summed E-state index contributed by atoms with van der Waals surface area (Å²) in [6.07, 6.45) is 5.60. The highest BCUT2D eigenvalue weighted by molar-refractivity contribution is 5.91. The standard InChI is InChI=1S/C25H29F3N6O2/c26-25(27,28)16-6-9-21-19(10-16)24(31-14-30-21)29-11-23(36)32-17-12-34(13-17)18-7-4-15(5-8-18)20-2-1-3-22(35)33-20/h1,3,6,9-10,14-15,17-18,20H,2,4-5,7-8,11-13H2,(H,32,36)(H,33,35)(H,29,30,31)/t15-,18-,20?. The zero-order valence-corrected chi connectivity index (χ0v) is 19.7. The molecule has 1 aromatic carbocycles. The highest BCUT2D eigenvalue weighted by atomic mass is 19.4. The number of likely N-dealkylation sites (tertiary alicyclic amines) is 1. The summed E-state index contributed by atoms with van der Waals surface area (Å²) in [6, 6.07) is 4.06. The molecule has 0 bridgehead atoms. The lowest BCUT2D eigenvalue weighted by Crippen LogP contribution is -2.63. The Morgan fingerprint density at radius 3 is 2.64 bits per heavy atom. The molecule has 2 fully saturated rings. The third-order valence-electron chi connectivity index (χ3n) is 7.47. The van der Waals surface area contributed by atoms with E-state index in [0.29, 0.717) is 17.5 Å². The molecule has 1 saturated carbocycles. The zero-order chi connectivity index (χ0) is 25.3. The number of fused-ring (bicyclic) bond motifs is 1. The van der Waals surface area contributed by atoms with Gasteiger partial charge in [-0.3, -0.25) is 14.5 Å². The molecule has 2 amide bonds. The molecule has 1 saturated heterocycles. The van der Waals surface area contributed by atoms with Crippen molar-refractivity contribution in [1.29, 1.82) is 0 Å². The van der Waals surface area contributed by atoms with E-state index in [9.17, 15) is 22.8 Å². The number of hydrogen-bond acceptors (Lipinski definition) is 6. The lowest BCUT2D eigenvalue weighted by atomic mass is 9.78. The predicted molar refractivity (Wildman–Crippen MR) is 128 cm³/mol. The molecule has 3 N–H and O–H groups in total. The Kier molecular flexibility index (Phi) is 6.83. The molecule has 0 radical (unpaired) electrons. The summed E-state index contributed by atoms with van der Waals surface area (Å²) in [5.74, 6) is 0.479. The first kappa shape index (κ1) is 24.5. The summed E-state index contributed by atoms with van der Waals surface area (Å²) >= 11 is 0. The van der Waals surface area contributed by atoms with Gasteiger partial charge in [0, 0.05) is 30.6 Å². The molecule has 8 nitrogen and oxygen atoms in total. The normalized spacial score (nSPS) is 25.3. The Morgan fingerprint density at radius 1 is 1.14 bits per heavy atom. The number of carbonyl (C=O) groups excluding carboxylic acids is 2. The van der Waals surface area contributed by atoms with Crippen molar-refractivity contribution in [3.63, 3.8) is 0 Å². The maximum atomic E-state index is 13.1. The molecule has 0 spiro atoms. The van der Waals surface area contributed by atoms with Gasteiger partial charge in [0.2, 0.25) is 11.8 Å². The third kappa shape index (κ3) is 5.45. The van der Waals surface area contributed by atoms with E-state index in [1.54, 1.807) is 6.08 Å². The van der Waals surface area contributed by atoms with E-state index < -0.39 is 11.7 Å². The number of rotatable bonds is 6. The van der Waals surface area contributed by atoms with E-state index in [0.717, 1.165) is 57.3 Å². The van der Waals surface area contributed by atoms with Crippen LogP contribution in [0.4, 0.5) is 19.0 Å². The Balaban J connectivity index is 1.06. The fourth-order valence-electron chi connectivity index (χ4n) is 5.51. The highest BCUT2D eigenvalue weighted by Gasteiger charge is 2.37. The van der Waals surface area contributed by atoms with Crippen LogP contribution in [-0.4, -0.2) is 64.4 Å². The first-order valence-electron chi connectivity index (χ1n) is 12.3. The van der Waals surface area contributed by atoms with Gasteiger partial charge < -0.3 is 16.0 Å². The number of hydrogen-bond donors (Lipinski definition) is 3. The van der Waals surface area contributed by atoms with E-state index in [4.69, 9.17) is 0 Å². The Bertz CT molecular complexity index is 1160. The third-order valence-corrected chi connectivity index (χ3v) is 7.47. The molecule has 3 heterocycles. The molecule has 36 heavy (non-hydrogen) atoms. The minimum Gasteiger partial charge on any atom is -0.360 e. The number of carbonyl (C=O) groups is 2. The van der Waals surface area contributed by atoms with Crippen LogP contribution >= 0.6 is 0 Å².